The Morgan fingerprint density at radius 3 is 2.70 bits per heavy atom. The normalized spacial score (nSPS) is 12.2. The molecule has 3 heterocycles. The Kier molecular flexibility index (Phi) is 6.51. The van der Waals surface area contributed by atoms with E-state index in [0.29, 0.717) is 12.4 Å². The molecule has 0 spiro atoms. The maximum atomic E-state index is 11.2. The number of rotatable bonds is 5. The Bertz CT molecular complexity index is 1640. The van der Waals surface area contributed by atoms with Gasteiger partial charge in [0.15, 0.2) is 5.82 Å². The summed E-state index contributed by atoms with van der Waals surface area (Å²) in [5.41, 5.74) is 3.58. The van der Waals surface area contributed by atoms with Gasteiger partial charge >= 0.3 is 6.09 Å². The topological polar surface area (TPSA) is 105 Å². The van der Waals surface area contributed by atoms with Crippen LogP contribution in [-0.2, 0) is 6.54 Å². The number of hydrogen-bond donors (Lipinski definition) is 3. The van der Waals surface area contributed by atoms with Gasteiger partial charge in [-0.3, -0.25) is 4.68 Å². The molecule has 5 aromatic rings. The van der Waals surface area contributed by atoms with Gasteiger partial charge < -0.3 is 15.7 Å². The highest BCUT2D eigenvalue weighted by Crippen LogP contribution is 2.31. The molecule has 1 atom stereocenters. The van der Waals surface area contributed by atoms with Crippen LogP contribution in [-0.4, -0.2) is 37.0 Å². The molecule has 0 aliphatic rings. The first-order valence-electron chi connectivity index (χ1n) is 11.8. The van der Waals surface area contributed by atoms with Crippen molar-refractivity contribution in [1.29, 1.82) is 0 Å². The maximum absolute atomic E-state index is 11.2. The lowest BCUT2D eigenvalue weighted by atomic mass is 9.87. The van der Waals surface area contributed by atoms with Gasteiger partial charge in [0.05, 0.1) is 39.4 Å². The van der Waals surface area contributed by atoms with Gasteiger partial charge in [0.2, 0.25) is 0 Å². The van der Waals surface area contributed by atoms with Gasteiger partial charge in [-0.15, -0.1) is 11.3 Å². The maximum Gasteiger partial charge on any atom is 0.405 e. The quantitative estimate of drug-likeness (QED) is 0.256. The van der Waals surface area contributed by atoms with Crippen molar-refractivity contribution in [1.82, 2.24) is 25.1 Å². The lowest BCUT2D eigenvalue weighted by Crippen LogP contribution is -2.42. The molecule has 3 aromatic heterocycles. The zero-order valence-electron chi connectivity index (χ0n) is 20.7. The number of amides is 1. The van der Waals surface area contributed by atoms with Gasteiger partial charge in [0.1, 0.15) is 6.33 Å². The molecule has 0 aliphatic carbocycles. The largest absolute Gasteiger partial charge is 0.465 e. The first-order chi connectivity index (χ1) is 17.8. The molecule has 0 aliphatic heterocycles. The standard InChI is InChI=1S/C28H26N6O2S/c1-28(2,3)24(33-27(35)36)12-10-21-14-22-25(37-21)26(30-17-29-22)32-20-9-11-23-19(13-20)15-31-34(23)16-18-7-5-4-6-8-18/h4-9,11,13-15,17,24,33H,16H2,1-3H3,(H,35,36)(H,29,30,32). The van der Waals surface area contributed by atoms with E-state index < -0.39 is 12.1 Å². The molecule has 0 fully saturated rings. The fraction of sp³-hybridized carbons (Fsp3) is 0.214. The molecule has 0 saturated carbocycles. The molecule has 0 bridgehead atoms. The summed E-state index contributed by atoms with van der Waals surface area (Å²) in [6, 6.07) is 17.8. The third kappa shape index (κ3) is 5.55. The summed E-state index contributed by atoms with van der Waals surface area (Å²) in [4.78, 5) is 20.8. The Morgan fingerprint density at radius 1 is 1.14 bits per heavy atom. The van der Waals surface area contributed by atoms with Gasteiger partial charge in [0, 0.05) is 11.1 Å². The molecule has 8 nitrogen and oxygen atoms in total. The van der Waals surface area contributed by atoms with Crippen molar-refractivity contribution in [2.24, 2.45) is 5.41 Å². The summed E-state index contributed by atoms with van der Waals surface area (Å²) in [6.07, 6.45) is 2.30. The Labute approximate surface area is 218 Å². The number of nitrogens with zero attached hydrogens (tertiary/aromatic N) is 4. The first-order valence-corrected chi connectivity index (χ1v) is 12.6. The minimum atomic E-state index is -1.09. The Morgan fingerprint density at radius 2 is 1.95 bits per heavy atom. The predicted octanol–water partition coefficient (Wildman–Crippen LogP) is 5.87. The number of anilines is 2. The second-order valence-electron chi connectivity index (χ2n) is 9.75. The predicted molar refractivity (Wildman–Crippen MR) is 147 cm³/mol. The molecular formula is C28H26N6O2S. The van der Waals surface area contributed by atoms with Gasteiger partial charge in [-0.25, -0.2) is 14.8 Å². The third-order valence-electron chi connectivity index (χ3n) is 5.86. The average Bonchev–Trinajstić information content (AvgIpc) is 3.46. The first kappa shape index (κ1) is 24.3. The van der Waals surface area contributed by atoms with Crippen molar-refractivity contribution >= 4 is 50.1 Å². The summed E-state index contributed by atoms with van der Waals surface area (Å²) in [6.45, 7) is 6.55. The van der Waals surface area contributed by atoms with Gasteiger partial charge in [0.25, 0.3) is 0 Å². The van der Waals surface area contributed by atoms with E-state index >= 15 is 0 Å². The van der Waals surface area contributed by atoms with Crippen LogP contribution in [0.3, 0.4) is 0 Å². The molecule has 0 saturated heterocycles. The number of carboxylic acid groups (broad SMARTS) is 1. The minimum Gasteiger partial charge on any atom is -0.465 e. The van der Waals surface area contributed by atoms with Crippen LogP contribution in [0.2, 0.25) is 0 Å². The molecule has 9 heteroatoms. The van der Waals surface area contributed by atoms with Crippen molar-refractivity contribution < 1.29 is 9.90 Å². The SMILES string of the molecule is CC(C)(C)C(C#Cc1cc2ncnc(Nc3ccc4c(cnn4Cc4ccccc4)c3)c2s1)NC(=O)O. The molecule has 1 unspecified atom stereocenters. The fourth-order valence-corrected chi connectivity index (χ4v) is 4.84. The highest BCUT2D eigenvalue weighted by atomic mass is 32.1. The summed E-state index contributed by atoms with van der Waals surface area (Å²) in [7, 11) is 0. The summed E-state index contributed by atoms with van der Waals surface area (Å²) in [5.74, 6) is 6.88. The van der Waals surface area contributed by atoms with Gasteiger partial charge in [-0.1, -0.05) is 62.9 Å². The monoisotopic (exact) mass is 510 g/mol. The number of benzene rings is 2. The van der Waals surface area contributed by atoms with E-state index in [2.05, 4.69) is 61.8 Å². The van der Waals surface area contributed by atoms with Gasteiger partial charge in [-0.05, 0) is 35.2 Å². The lowest BCUT2D eigenvalue weighted by molar-refractivity contribution is 0.183. The van der Waals surface area contributed by atoms with E-state index in [1.54, 1.807) is 0 Å². The van der Waals surface area contributed by atoms with Crippen LogP contribution in [0.25, 0.3) is 21.1 Å². The van der Waals surface area contributed by atoms with Crippen LogP contribution in [0.5, 0.6) is 0 Å². The van der Waals surface area contributed by atoms with E-state index in [-0.39, 0.29) is 5.41 Å². The van der Waals surface area contributed by atoms with E-state index in [0.717, 1.165) is 31.7 Å². The molecule has 1 amide bonds. The molecule has 5 rings (SSSR count). The molecule has 186 valence electrons. The molecule has 3 N–H and O–H groups in total. The van der Waals surface area contributed by atoms with Crippen molar-refractivity contribution in [3.63, 3.8) is 0 Å². The number of aromatic nitrogens is 4. The average molecular weight is 511 g/mol. The smallest absolute Gasteiger partial charge is 0.405 e. The van der Waals surface area contributed by atoms with Gasteiger partial charge in [-0.2, -0.15) is 5.10 Å². The van der Waals surface area contributed by atoms with Crippen LogP contribution >= 0.6 is 11.3 Å². The Balaban J connectivity index is 1.39. The number of carbonyl (C=O) groups is 1. The van der Waals surface area contributed by atoms with Crippen LogP contribution in [0.15, 0.2) is 67.1 Å². The minimum absolute atomic E-state index is 0.345. The molecule has 0 radical (unpaired) electrons. The number of thiophene rings is 1. The fourth-order valence-electron chi connectivity index (χ4n) is 3.92. The molecule has 37 heavy (non-hydrogen) atoms. The lowest BCUT2D eigenvalue weighted by Gasteiger charge is -2.25. The van der Waals surface area contributed by atoms with E-state index in [4.69, 9.17) is 5.11 Å². The van der Waals surface area contributed by atoms with Crippen LogP contribution in [0.1, 0.15) is 31.2 Å². The second kappa shape index (κ2) is 9.91. The highest BCUT2D eigenvalue weighted by Gasteiger charge is 2.24. The third-order valence-corrected chi connectivity index (χ3v) is 6.91. The van der Waals surface area contributed by atoms with Crippen LogP contribution in [0, 0.1) is 17.3 Å². The van der Waals surface area contributed by atoms with Crippen molar-refractivity contribution in [2.45, 2.75) is 33.4 Å². The van der Waals surface area contributed by atoms with Crippen LogP contribution < -0.4 is 10.6 Å². The summed E-state index contributed by atoms with van der Waals surface area (Å²) < 4.78 is 2.87. The van der Waals surface area contributed by atoms with Crippen molar-refractivity contribution in [2.75, 3.05) is 5.32 Å². The Hall–Kier alpha value is -4.42. The van der Waals surface area contributed by atoms with E-state index in [1.807, 2.05) is 62.0 Å². The molecular weight excluding hydrogens is 484 g/mol. The number of hydrogen-bond acceptors (Lipinski definition) is 6. The van der Waals surface area contributed by atoms with Crippen LogP contribution in [0.4, 0.5) is 16.3 Å². The second-order valence-corrected chi connectivity index (χ2v) is 10.8. The summed E-state index contributed by atoms with van der Waals surface area (Å²) in [5, 5.41) is 20.7. The van der Waals surface area contributed by atoms with Crippen molar-refractivity contribution in [3.05, 3.63) is 77.6 Å². The van der Waals surface area contributed by atoms with E-state index in [9.17, 15) is 4.79 Å². The van der Waals surface area contributed by atoms with Crippen molar-refractivity contribution in [3.8, 4) is 11.8 Å². The van der Waals surface area contributed by atoms with E-state index in [1.165, 1.54) is 23.2 Å². The number of fused-ring (bicyclic) bond motifs is 2. The molecule has 2 aromatic carbocycles. The number of nitrogens with one attached hydrogen (secondary N) is 2. The zero-order valence-corrected chi connectivity index (χ0v) is 21.5. The summed E-state index contributed by atoms with van der Waals surface area (Å²) >= 11 is 1.47. The zero-order chi connectivity index (χ0) is 26.0. The highest BCUT2D eigenvalue weighted by molar-refractivity contribution is 7.20.